The summed E-state index contributed by atoms with van der Waals surface area (Å²) in [6.07, 6.45) is 2.89. The van der Waals surface area contributed by atoms with Gasteiger partial charge in [0, 0.05) is 12.0 Å². The van der Waals surface area contributed by atoms with E-state index in [4.69, 9.17) is 4.74 Å². The SMILES string of the molecule is CC(C)(C)C1(OCBr)C(=O)N=CN=CN1Cc1ccccc1. The Morgan fingerprint density at radius 1 is 1.27 bits per heavy atom. The molecule has 6 heteroatoms. The van der Waals surface area contributed by atoms with E-state index in [1.165, 1.54) is 6.34 Å². The highest BCUT2D eigenvalue weighted by Gasteiger charge is 2.54. The zero-order valence-electron chi connectivity index (χ0n) is 13.0. The van der Waals surface area contributed by atoms with Crippen LogP contribution in [0, 0.1) is 5.41 Å². The molecule has 1 amide bonds. The van der Waals surface area contributed by atoms with E-state index in [0.29, 0.717) is 6.54 Å². The topological polar surface area (TPSA) is 54.3 Å². The second-order valence-electron chi connectivity index (χ2n) is 6.08. The number of rotatable bonds is 4. The van der Waals surface area contributed by atoms with Crippen LogP contribution in [0.5, 0.6) is 0 Å². The first kappa shape index (κ1) is 16.8. The maximum absolute atomic E-state index is 12.7. The summed E-state index contributed by atoms with van der Waals surface area (Å²) in [6, 6.07) is 9.90. The molecule has 0 aliphatic carbocycles. The number of carbonyl (C=O) groups is 1. The average molecular weight is 366 g/mol. The van der Waals surface area contributed by atoms with Crippen molar-refractivity contribution in [3.8, 4) is 0 Å². The molecule has 0 spiro atoms. The van der Waals surface area contributed by atoms with Gasteiger partial charge in [-0.2, -0.15) is 4.99 Å². The number of hydrogen-bond donors (Lipinski definition) is 0. The average Bonchev–Trinajstić information content (AvgIpc) is 2.62. The molecule has 118 valence electrons. The Hall–Kier alpha value is -1.53. The Morgan fingerprint density at radius 3 is 2.55 bits per heavy atom. The second kappa shape index (κ2) is 6.71. The smallest absolute Gasteiger partial charge is 0.301 e. The molecule has 0 radical (unpaired) electrons. The number of halogens is 1. The molecule has 0 N–H and O–H groups in total. The second-order valence-corrected chi connectivity index (χ2v) is 6.53. The van der Waals surface area contributed by atoms with E-state index < -0.39 is 11.1 Å². The summed E-state index contributed by atoms with van der Waals surface area (Å²) in [5.41, 5.74) is -0.427. The summed E-state index contributed by atoms with van der Waals surface area (Å²) < 4.78 is 5.90. The van der Waals surface area contributed by atoms with Crippen molar-refractivity contribution in [2.24, 2.45) is 15.4 Å². The van der Waals surface area contributed by atoms with Gasteiger partial charge >= 0.3 is 5.91 Å². The summed E-state index contributed by atoms with van der Waals surface area (Å²) >= 11 is 3.28. The van der Waals surface area contributed by atoms with Crippen molar-refractivity contribution in [2.75, 3.05) is 5.52 Å². The van der Waals surface area contributed by atoms with E-state index >= 15 is 0 Å². The Kier molecular flexibility index (Phi) is 5.13. The maximum atomic E-state index is 12.7. The van der Waals surface area contributed by atoms with Crippen LogP contribution in [-0.2, 0) is 16.1 Å². The fourth-order valence-corrected chi connectivity index (χ4v) is 2.94. The van der Waals surface area contributed by atoms with Gasteiger partial charge in [-0.3, -0.25) is 4.79 Å². The molecule has 1 heterocycles. The first-order chi connectivity index (χ1) is 10.4. The van der Waals surface area contributed by atoms with Gasteiger partial charge < -0.3 is 9.64 Å². The molecule has 1 aromatic rings. The van der Waals surface area contributed by atoms with Crippen molar-refractivity contribution in [1.82, 2.24) is 4.90 Å². The number of aliphatic imine (C=N–C) groups is 2. The monoisotopic (exact) mass is 365 g/mol. The van der Waals surface area contributed by atoms with E-state index in [1.807, 2.05) is 56.0 Å². The van der Waals surface area contributed by atoms with Crippen molar-refractivity contribution in [2.45, 2.75) is 33.0 Å². The Balaban J connectivity index is 2.48. The number of amides is 1. The molecule has 22 heavy (non-hydrogen) atoms. The molecule has 0 aromatic heterocycles. The van der Waals surface area contributed by atoms with Crippen LogP contribution in [0.15, 0.2) is 40.3 Å². The van der Waals surface area contributed by atoms with Gasteiger partial charge in [0.2, 0.25) is 5.72 Å². The molecule has 1 unspecified atom stereocenters. The maximum Gasteiger partial charge on any atom is 0.301 e. The Bertz CT molecular complexity index is 581. The van der Waals surface area contributed by atoms with Crippen molar-refractivity contribution in [1.29, 1.82) is 0 Å². The first-order valence-electron chi connectivity index (χ1n) is 7.02. The number of ether oxygens (including phenoxy) is 1. The van der Waals surface area contributed by atoms with Crippen molar-refractivity contribution >= 4 is 34.5 Å². The van der Waals surface area contributed by atoms with Gasteiger partial charge in [0.1, 0.15) is 11.9 Å². The van der Waals surface area contributed by atoms with E-state index in [2.05, 4.69) is 25.9 Å². The van der Waals surface area contributed by atoms with Crippen molar-refractivity contribution in [3.05, 3.63) is 35.9 Å². The zero-order valence-corrected chi connectivity index (χ0v) is 14.6. The third-order valence-electron chi connectivity index (χ3n) is 3.62. The normalized spacial score (nSPS) is 22.0. The third-order valence-corrected chi connectivity index (χ3v) is 3.85. The van der Waals surface area contributed by atoms with Gasteiger partial charge in [-0.05, 0) is 5.56 Å². The quantitative estimate of drug-likeness (QED) is 0.769. The van der Waals surface area contributed by atoms with Crippen LogP contribution < -0.4 is 0 Å². The predicted molar refractivity (Wildman–Crippen MR) is 91.0 cm³/mol. The molecular formula is C16H20BrN3O2. The molecule has 0 saturated heterocycles. The minimum absolute atomic E-state index is 0.227. The van der Waals surface area contributed by atoms with E-state index in [-0.39, 0.29) is 11.4 Å². The Morgan fingerprint density at radius 2 is 1.95 bits per heavy atom. The van der Waals surface area contributed by atoms with Crippen molar-refractivity contribution < 1.29 is 9.53 Å². The molecule has 1 atom stereocenters. The number of alkyl halides is 1. The zero-order chi connectivity index (χ0) is 16.2. The molecule has 0 bridgehead atoms. The lowest BCUT2D eigenvalue weighted by molar-refractivity contribution is -0.189. The van der Waals surface area contributed by atoms with Crippen LogP contribution in [0.4, 0.5) is 0 Å². The van der Waals surface area contributed by atoms with Crippen molar-refractivity contribution in [3.63, 3.8) is 0 Å². The molecular weight excluding hydrogens is 346 g/mol. The number of carbonyl (C=O) groups excluding carboxylic acids is 1. The third kappa shape index (κ3) is 3.13. The molecule has 5 nitrogen and oxygen atoms in total. The molecule has 2 rings (SSSR count). The molecule has 1 aliphatic heterocycles. The fourth-order valence-electron chi connectivity index (χ4n) is 2.61. The molecule has 0 saturated carbocycles. The minimum Gasteiger partial charge on any atom is -0.335 e. The summed E-state index contributed by atoms with van der Waals surface area (Å²) in [5, 5.41) is 0. The first-order valence-corrected chi connectivity index (χ1v) is 8.15. The van der Waals surface area contributed by atoms with Gasteiger partial charge in [0.15, 0.2) is 0 Å². The highest BCUT2D eigenvalue weighted by molar-refractivity contribution is 9.09. The minimum atomic E-state index is -1.22. The van der Waals surface area contributed by atoms with Gasteiger partial charge in [0.05, 0.1) is 6.34 Å². The highest BCUT2D eigenvalue weighted by atomic mass is 79.9. The summed E-state index contributed by atoms with van der Waals surface area (Å²) in [7, 11) is 0. The van der Waals surface area contributed by atoms with Gasteiger partial charge in [0.25, 0.3) is 0 Å². The standard InChI is InChI=1S/C16H20BrN3O2/c1-15(2,3)16(22-10-17)14(21)19-11-18-12-20(16)9-13-7-5-4-6-8-13/h4-8,11-12H,9-10H2,1-3H3. The van der Waals surface area contributed by atoms with E-state index in [0.717, 1.165) is 5.56 Å². The van der Waals surface area contributed by atoms with Crippen LogP contribution in [0.2, 0.25) is 0 Å². The van der Waals surface area contributed by atoms with Crippen LogP contribution >= 0.6 is 15.9 Å². The number of hydrogen-bond acceptors (Lipinski definition) is 4. The van der Waals surface area contributed by atoms with E-state index in [1.54, 1.807) is 6.34 Å². The molecule has 0 fully saturated rings. The lowest BCUT2D eigenvalue weighted by atomic mass is 9.80. The Labute approximate surface area is 139 Å². The summed E-state index contributed by atoms with van der Waals surface area (Å²) in [6.45, 7) is 6.38. The number of nitrogens with zero attached hydrogens (tertiary/aromatic N) is 3. The highest BCUT2D eigenvalue weighted by Crippen LogP contribution is 2.39. The van der Waals surface area contributed by atoms with Gasteiger partial charge in [-0.1, -0.05) is 67.0 Å². The van der Waals surface area contributed by atoms with Crippen LogP contribution in [0.25, 0.3) is 0 Å². The van der Waals surface area contributed by atoms with Crippen LogP contribution in [0.1, 0.15) is 26.3 Å². The van der Waals surface area contributed by atoms with E-state index in [9.17, 15) is 4.79 Å². The van der Waals surface area contributed by atoms with Gasteiger partial charge in [-0.15, -0.1) is 0 Å². The van der Waals surface area contributed by atoms with Gasteiger partial charge in [-0.25, -0.2) is 4.99 Å². The summed E-state index contributed by atoms with van der Waals surface area (Å²) in [4.78, 5) is 22.5. The fraction of sp³-hybridized carbons (Fsp3) is 0.438. The molecule has 1 aliphatic rings. The van der Waals surface area contributed by atoms with Crippen LogP contribution in [0.3, 0.4) is 0 Å². The lowest BCUT2D eigenvalue weighted by Crippen LogP contribution is -2.62. The lowest BCUT2D eigenvalue weighted by Gasteiger charge is -2.47. The molecule has 1 aromatic carbocycles. The number of benzene rings is 1. The van der Waals surface area contributed by atoms with Crippen LogP contribution in [-0.4, -0.2) is 34.7 Å². The summed E-state index contributed by atoms with van der Waals surface area (Å²) in [5.74, 6) is -0.354. The largest absolute Gasteiger partial charge is 0.335 e. The predicted octanol–water partition coefficient (Wildman–Crippen LogP) is 3.20.